The zero-order valence-corrected chi connectivity index (χ0v) is 38.5. The highest BCUT2D eigenvalue weighted by Crippen LogP contribution is 2.38. The van der Waals surface area contributed by atoms with Gasteiger partial charge in [0.25, 0.3) is 0 Å². The number of rotatable bonds is 4. The first-order valence-electron chi connectivity index (χ1n) is 23.2. The molecule has 0 aromatic carbocycles. The number of methoxy groups -OCH3 is 1. The van der Waals surface area contributed by atoms with Gasteiger partial charge in [0, 0.05) is 44.2 Å². The summed E-state index contributed by atoms with van der Waals surface area (Å²) in [5.41, 5.74) is 0.961. The first kappa shape index (κ1) is 51.6. The van der Waals surface area contributed by atoms with Crippen LogP contribution in [0.15, 0.2) is 47.6 Å². The Morgan fingerprint density at radius 1 is 0.871 bits per heavy atom. The first-order chi connectivity index (χ1) is 29.2. The van der Waals surface area contributed by atoms with Crippen LogP contribution in [0, 0.1) is 35.5 Å². The van der Waals surface area contributed by atoms with E-state index in [2.05, 4.69) is 0 Å². The zero-order chi connectivity index (χ0) is 45.9. The van der Waals surface area contributed by atoms with Crippen LogP contribution in [0.25, 0.3) is 0 Å². The van der Waals surface area contributed by atoms with E-state index in [0.717, 1.165) is 6.42 Å². The van der Waals surface area contributed by atoms with Crippen molar-refractivity contribution in [1.29, 1.82) is 0 Å². The molecular weight excluding hydrogens is 795 g/mol. The number of carbonyl (C=O) groups excluding carboxylic acids is 4. The Labute approximate surface area is 369 Å². The van der Waals surface area contributed by atoms with Crippen LogP contribution in [-0.4, -0.2) is 122 Å². The van der Waals surface area contributed by atoms with Gasteiger partial charge in [-0.3, -0.25) is 14.4 Å². The molecule has 0 aromatic heterocycles. The summed E-state index contributed by atoms with van der Waals surface area (Å²) < 4.78 is 18.1. The van der Waals surface area contributed by atoms with Crippen LogP contribution in [-0.2, 0) is 33.4 Å². The first-order valence-corrected chi connectivity index (χ1v) is 23.2. The number of amides is 1. The van der Waals surface area contributed by atoms with Crippen LogP contribution >= 0.6 is 0 Å². The lowest BCUT2D eigenvalue weighted by Gasteiger charge is -2.44. The molecule has 0 aromatic rings. The fourth-order valence-electron chi connectivity index (χ4n) is 9.72. The number of hydrogen-bond donors (Lipinski definition) is 5. The van der Waals surface area contributed by atoms with Gasteiger partial charge in [-0.1, -0.05) is 71.1 Å². The van der Waals surface area contributed by atoms with Crippen LogP contribution in [0.3, 0.4) is 0 Å². The maximum atomic E-state index is 14.3. The molecule has 3 aliphatic heterocycles. The van der Waals surface area contributed by atoms with Crippen molar-refractivity contribution in [2.45, 2.75) is 186 Å². The molecule has 62 heavy (non-hydrogen) atoms. The van der Waals surface area contributed by atoms with Gasteiger partial charge in [-0.2, -0.15) is 0 Å². The fourth-order valence-corrected chi connectivity index (χ4v) is 9.72. The Kier molecular flexibility index (Phi) is 19.8. The van der Waals surface area contributed by atoms with E-state index in [-0.39, 0.29) is 66.9 Å². The molecule has 0 spiro atoms. The highest BCUT2D eigenvalue weighted by molar-refractivity contribution is 5.87. The topological polar surface area (TPSA) is 200 Å². The third-order valence-corrected chi connectivity index (χ3v) is 14.1. The quantitative estimate of drug-likeness (QED) is 0.171. The molecular formula is C49H77NO12. The molecule has 15 atom stereocenters. The van der Waals surface area contributed by atoms with E-state index in [1.165, 1.54) is 4.90 Å². The number of aliphatic hydroxyl groups is 5. The summed E-state index contributed by atoms with van der Waals surface area (Å²) in [5, 5.41) is 55.5. The number of esters is 1. The number of ether oxygens (including phenoxy) is 3. The van der Waals surface area contributed by atoms with Crippen molar-refractivity contribution in [2.24, 2.45) is 35.5 Å². The van der Waals surface area contributed by atoms with Gasteiger partial charge in [-0.05, 0) is 107 Å². The predicted octanol–water partition coefficient (Wildman–Crippen LogP) is 5.69. The number of fused-ring (bicyclic) bond motifs is 3. The van der Waals surface area contributed by atoms with Gasteiger partial charge in [0.2, 0.25) is 5.91 Å². The maximum Gasteiger partial charge on any atom is 0.329 e. The van der Waals surface area contributed by atoms with Gasteiger partial charge in [0.05, 0.1) is 30.8 Å². The van der Waals surface area contributed by atoms with Gasteiger partial charge < -0.3 is 44.6 Å². The predicted molar refractivity (Wildman–Crippen MR) is 235 cm³/mol. The molecule has 3 fully saturated rings. The standard InChI is InChI=1S/C49H77NO12/c1-29-14-10-9-11-15-30(2)40(52)26-37-19-17-35(7)49(59,62-37)28-44(54)50-21-13-12-16-38(50)48(58)61-42(32(4)24-36-18-20-39(51)43(25-36)60-8)27-41(53)31(3)23-34(6)46(56)47(57)45(55)33(5)22-29/h9-11,14-15,23,29,31-33,35-40,42-43,46-47,51-52,56-57,59H,12-13,16-22,24-28H2,1-8H3/b11-9+,14-10-,30-15+,34-23+/t29-,31-,32-,33-,35-,36+,37+,38+,39-,40+,42+,43-,46-,47+,49+/m1/s1. The summed E-state index contributed by atoms with van der Waals surface area (Å²) in [4.78, 5) is 57.2. The van der Waals surface area contributed by atoms with Crippen LogP contribution in [0.4, 0.5) is 0 Å². The average Bonchev–Trinajstić information content (AvgIpc) is 3.23. The number of cyclic esters (lactones) is 1. The van der Waals surface area contributed by atoms with Gasteiger partial charge in [-0.15, -0.1) is 0 Å². The van der Waals surface area contributed by atoms with E-state index in [0.29, 0.717) is 63.4 Å². The summed E-state index contributed by atoms with van der Waals surface area (Å²) in [6.07, 6.45) is 9.90. The number of allylic oxidation sites excluding steroid dienone is 6. The van der Waals surface area contributed by atoms with Crippen molar-refractivity contribution in [3.05, 3.63) is 47.6 Å². The molecule has 13 nitrogen and oxygen atoms in total. The van der Waals surface area contributed by atoms with Gasteiger partial charge >= 0.3 is 5.97 Å². The number of nitrogens with zero attached hydrogens (tertiary/aromatic N) is 1. The van der Waals surface area contributed by atoms with E-state index in [9.17, 15) is 44.7 Å². The number of Topliss-reactive ketones (excluding diaryl/α,β-unsaturated/α-hetero) is 2. The van der Waals surface area contributed by atoms with Crippen LogP contribution in [0.1, 0.15) is 132 Å². The summed E-state index contributed by atoms with van der Waals surface area (Å²) in [6.45, 7) is 12.8. The largest absolute Gasteiger partial charge is 0.460 e. The lowest BCUT2D eigenvalue weighted by molar-refractivity contribution is -0.283. The minimum atomic E-state index is -1.81. The van der Waals surface area contributed by atoms with Crippen LogP contribution in [0.5, 0.6) is 0 Å². The van der Waals surface area contributed by atoms with Gasteiger partial charge in [0.1, 0.15) is 30.1 Å². The third kappa shape index (κ3) is 14.2. The second-order valence-corrected chi connectivity index (χ2v) is 19.3. The van der Waals surface area contributed by atoms with Crippen molar-refractivity contribution < 1.29 is 58.9 Å². The minimum absolute atomic E-state index is 0.0308. The summed E-state index contributed by atoms with van der Waals surface area (Å²) in [6, 6.07) is -0.935. The summed E-state index contributed by atoms with van der Waals surface area (Å²) in [5.74, 6) is -5.54. The SMILES string of the molecule is CO[C@@H]1C[C@H](C[C@@H](C)[C@@H]2CC(=O)[C@H](C)/C=C(\C)[C@@H](O)[C@@H](O)C(=O)[C@H](C)C[C@H](C)\C=C/C=C/C=C(\C)[C@@H](O)C[C@@H]3CC[C@@H](C)[C@](O)(CC(=O)N4CCCC[C@H]4C(=O)O2)O3)CC[C@H]1O. The maximum absolute atomic E-state index is 14.3. The van der Waals surface area contributed by atoms with Crippen molar-refractivity contribution >= 4 is 23.4 Å². The number of carbonyl (C=O) groups is 4. The molecule has 3 heterocycles. The Morgan fingerprint density at radius 3 is 2.31 bits per heavy atom. The molecule has 1 aliphatic carbocycles. The van der Waals surface area contributed by atoms with Crippen molar-refractivity contribution in [2.75, 3.05) is 13.7 Å². The molecule has 1 amide bonds. The molecule has 2 bridgehead atoms. The number of aliphatic hydroxyl groups excluding tert-OH is 4. The molecule has 4 rings (SSSR count). The molecule has 350 valence electrons. The Morgan fingerprint density at radius 2 is 1.60 bits per heavy atom. The van der Waals surface area contributed by atoms with Gasteiger partial charge in [-0.25, -0.2) is 4.79 Å². The van der Waals surface area contributed by atoms with E-state index in [4.69, 9.17) is 14.2 Å². The number of hydrogen-bond acceptors (Lipinski definition) is 12. The number of piperidine rings is 1. The zero-order valence-electron chi connectivity index (χ0n) is 38.5. The van der Waals surface area contributed by atoms with E-state index in [1.807, 2.05) is 45.9 Å². The summed E-state index contributed by atoms with van der Waals surface area (Å²) >= 11 is 0. The minimum Gasteiger partial charge on any atom is -0.460 e. The second kappa shape index (κ2) is 23.8. The highest BCUT2D eigenvalue weighted by Gasteiger charge is 2.46. The summed E-state index contributed by atoms with van der Waals surface area (Å²) in [7, 11) is 1.57. The lowest BCUT2D eigenvalue weighted by atomic mass is 9.78. The second-order valence-electron chi connectivity index (χ2n) is 19.3. The molecule has 0 unspecified atom stereocenters. The molecule has 5 N–H and O–H groups in total. The van der Waals surface area contributed by atoms with Crippen LogP contribution in [0.2, 0.25) is 0 Å². The normalized spacial score (nSPS) is 41.8. The monoisotopic (exact) mass is 872 g/mol. The average molecular weight is 872 g/mol. The molecule has 0 radical (unpaired) electrons. The molecule has 1 saturated carbocycles. The smallest absolute Gasteiger partial charge is 0.329 e. The van der Waals surface area contributed by atoms with Gasteiger partial charge in [0.15, 0.2) is 11.6 Å². The van der Waals surface area contributed by atoms with E-state index in [1.54, 1.807) is 46.1 Å². The third-order valence-electron chi connectivity index (χ3n) is 14.1. The fraction of sp³-hybridized carbons (Fsp3) is 0.755. The Balaban J connectivity index is 1.65. The van der Waals surface area contributed by atoms with Crippen molar-refractivity contribution in [3.63, 3.8) is 0 Å². The Hall–Kier alpha value is -3.04. The molecule has 2 saturated heterocycles. The van der Waals surface area contributed by atoms with E-state index < -0.39 is 77.9 Å². The molecule has 13 heteroatoms. The Bertz CT molecular complexity index is 1640. The number of ketones is 2. The lowest BCUT2D eigenvalue weighted by Crippen LogP contribution is -2.54. The highest BCUT2D eigenvalue weighted by atomic mass is 16.6. The van der Waals surface area contributed by atoms with E-state index >= 15 is 0 Å². The van der Waals surface area contributed by atoms with Crippen LogP contribution < -0.4 is 0 Å². The molecule has 4 aliphatic rings. The van der Waals surface area contributed by atoms with Crippen molar-refractivity contribution in [3.8, 4) is 0 Å². The van der Waals surface area contributed by atoms with Crippen molar-refractivity contribution in [1.82, 2.24) is 4.90 Å².